The predicted octanol–water partition coefficient (Wildman–Crippen LogP) is 4.44. The number of hydrogen-bond donors (Lipinski definition) is 0. The van der Waals surface area contributed by atoms with Gasteiger partial charge in [0.15, 0.2) is 5.82 Å². The maximum absolute atomic E-state index is 4.87. The van der Waals surface area contributed by atoms with Crippen LogP contribution in [-0.2, 0) is 0 Å². The van der Waals surface area contributed by atoms with Crippen molar-refractivity contribution in [2.24, 2.45) is 0 Å². The number of hydrogen-bond acceptors (Lipinski definition) is 3. The maximum Gasteiger partial charge on any atom is 0.178 e. The quantitative estimate of drug-likeness (QED) is 0.700. The molecule has 3 rings (SSSR count). The number of pyridine rings is 1. The molecule has 1 aromatic carbocycles. The monoisotopic (exact) mass is 289 g/mol. The van der Waals surface area contributed by atoms with Crippen LogP contribution in [0.4, 0.5) is 0 Å². The van der Waals surface area contributed by atoms with Gasteiger partial charge in [0.05, 0.1) is 5.69 Å². The minimum absolute atomic E-state index is 0.701. The third kappa shape index (κ3) is 2.75. The van der Waals surface area contributed by atoms with Crippen LogP contribution in [-0.4, -0.2) is 15.0 Å². The molecule has 0 bridgehead atoms. The fraction of sp³-hybridized carbons (Fsp3) is 0.211. The fourth-order valence-corrected chi connectivity index (χ4v) is 2.70. The molecule has 0 atom stereocenters. The largest absolute Gasteiger partial charge is 0.244 e. The molecule has 0 unspecified atom stereocenters. The van der Waals surface area contributed by atoms with Gasteiger partial charge in [-0.05, 0) is 44.9 Å². The van der Waals surface area contributed by atoms with Crippen LogP contribution in [0.2, 0.25) is 0 Å². The zero-order valence-corrected chi connectivity index (χ0v) is 13.4. The van der Waals surface area contributed by atoms with E-state index in [1.807, 2.05) is 38.1 Å². The molecule has 0 aliphatic heterocycles. The van der Waals surface area contributed by atoms with E-state index < -0.39 is 0 Å². The van der Waals surface area contributed by atoms with E-state index in [1.165, 1.54) is 0 Å². The summed E-state index contributed by atoms with van der Waals surface area (Å²) in [5, 5.41) is 0. The van der Waals surface area contributed by atoms with Crippen LogP contribution < -0.4 is 0 Å². The van der Waals surface area contributed by atoms with Crippen molar-refractivity contribution in [1.29, 1.82) is 0 Å². The van der Waals surface area contributed by atoms with Crippen LogP contribution in [0.15, 0.2) is 42.5 Å². The lowest BCUT2D eigenvalue weighted by Gasteiger charge is -2.11. The molecule has 0 saturated heterocycles. The van der Waals surface area contributed by atoms with E-state index in [9.17, 15) is 0 Å². The van der Waals surface area contributed by atoms with Crippen molar-refractivity contribution in [3.63, 3.8) is 0 Å². The number of rotatable bonds is 2. The van der Waals surface area contributed by atoms with Crippen molar-refractivity contribution < 1.29 is 0 Å². The second-order valence-electron chi connectivity index (χ2n) is 5.66. The molecular weight excluding hydrogens is 270 g/mol. The average Bonchev–Trinajstić information content (AvgIpc) is 2.47. The van der Waals surface area contributed by atoms with Crippen molar-refractivity contribution in [2.45, 2.75) is 27.7 Å². The Kier molecular flexibility index (Phi) is 3.72. The Balaban J connectivity index is 2.20. The van der Waals surface area contributed by atoms with Gasteiger partial charge in [-0.25, -0.2) is 15.0 Å². The van der Waals surface area contributed by atoms with Gasteiger partial charge in [0.2, 0.25) is 0 Å². The Hall–Kier alpha value is -2.55. The summed E-state index contributed by atoms with van der Waals surface area (Å²) in [5.74, 6) is 0.701. The van der Waals surface area contributed by atoms with Gasteiger partial charge in [0.25, 0.3) is 0 Å². The lowest BCUT2D eigenvalue weighted by atomic mass is 10.0. The van der Waals surface area contributed by atoms with Crippen molar-refractivity contribution in [3.05, 3.63) is 65.0 Å². The summed E-state index contributed by atoms with van der Waals surface area (Å²) in [5.41, 5.74) is 7.15. The molecule has 0 N–H and O–H groups in total. The zero-order chi connectivity index (χ0) is 15.7. The predicted molar refractivity (Wildman–Crippen MR) is 89.6 cm³/mol. The third-order valence-electron chi connectivity index (χ3n) is 3.64. The maximum atomic E-state index is 4.87. The zero-order valence-electron chi connectivity index (χ0n) is 13.4. The second kappa shape index (κ2) is 5.68. The molecule has 3 aromatic rings. The normalized spacial score (nSPS) is 10.7. The summed E-state index contributed by atoms with van der Waals surface area (Å²) in [6, 6.07) is 14.4. The van der Waals surface area contributed by atoms with E-state index in [-0.39, 0.29) is 0 Å². The van der Waals surface area contributed by atoms with Crippen LogP contribution >= 0.6 is 0 Å². The van der Waals surface area contributed by atoms with Crippen molar-refractivity contribution in [1.82, 2.24) is 15.0 Å². The Labute approximate surface area is 131 Å². The van der Waals surface area contributed by atoms with Gasteiger partial charge in [-0.3, -0.25) is 0 Å². The topological polar surface area (TPSA) is 38.7 Å². The average molecular weight is 289 g/mol. The standard InChI is InChI=1S/C19H19N3/c1-12-10-13(2)18(19-20-14(3)11-15(4)21-19)22-17(12)16-8-6-5-7-9-16/h5-11H,1-4H3. The summed E-state index contributed by atoms with van der Waals surface area (Å²) in [4.78, 5) is 14.0. The molecule has 0 saturated carbocycles. The molecule has 0 aliphatic rings. The van der Waals surface area contributed by atoms with Gasteiger partial charge in [-0.1, -0.05) is 36.4 Å². The fourth-order valence-electron chi connectivity index (χ4n) is 2.70. The number of benzene rings is 1. The summed E-state index contributed by atoms with van der Waals surface area (Å²) >= 11 is 0. The highest BCUT2D eigenvalue weighted by atomic mass is 14.9. The molecule has 0 spiro atoms. The van der Waals surface area contributed by atoms with E-state index in [0.717, 1.165) is 39.5 Å². The molecule has 22 heavy (non-hydrogen) atoms. The first-order valence-electron chi connectivity index (χ1n) is 7.41. The third-order valence-corrected chi connectivity index (χ3v) is 3.64. The Morgan fingerprint density at radius 1 is 0.636 bits per heavy atom. The SMILES string of the molecule is Cc1cc(C)nc(-c2nc(-c3ccccc3)c(C)cc2C)n1. The molecule has 0 fully saturated rings. The van der Waals surface area contributed by atoms with E-state index in [2.05, 4.69) is 42.0 Å². The molecule has 2 aromatic heterocycles. The first-order chi connectivity index (χ1) is 10.5. The highest BCUT2D eigenvalue weighted by molar-refractivity contribution is 5.68. The number of nitrogens with zero attached hydrogens (tertiary/aromatic N) is 3. The van der Waals surface area contributed by atoms with E-state index >= 15 is 0 Å². The minimum atomic E-state index is 0.701. The number of aryl methyl sites for hydroxylation is 4. The Morgan fingerprint density at radius 3 is 1.86 bits per heavy atom. The van der Waals surface area contributed by atoms with Crippen LogP contribution in [0, 0.1) is 27.7 Å². The number of aromatic nitrogens is 3. The van der Waals surface area contributed by atoms with Gasteiger partial charge in [0, 0.05) is 17.0 Å². The summed E-state index contributed by atoms with van der Waals surface area (Å²) in [7, 11) is 0. The van der Waals surface area contributed by atoms with Crippen LogP contribution in [0.5, 0.6) is 0 Å². The van der Waals surface area contributed by atoms with Crippen LogP contribution in [0.1, 0.15) is 22.5 Å². The van der Waals surface area contributed by atoms with Crippen LogP contribution in [0.3, 0.4) is 0 Å². The smallest absolute Gasteiger partial charge is 0.178 e. The lowest BCUT2D eigenvalue weighted by molar-refractivity contribution is 1.04. The van der Waals surface area contributed by atoms with Gasteiger partial charge in [0.1, 0.15) is 5.69 Å². The van der Waals surface area contributed by atoms with Crippen molar-refractivity contribution in [3.8, 4) is 22.8 Å². The van der Waals surface area contributed by atoms with Gasteiger partial charge in [-0.15, -0.1) is 0 Å². The van der Waals surface area contributed by atoms with Gasteiger partial charge >= 0.3 is 0 Å². The van der Waals surface area contributed by atoms with Crippen LogP contribution in [0.25, 0.3) is 22.8 Å². The second-order valence-corrected chi connectivity index (χ2v) is 5.66. The van der Waals surface area contributed by atoms with E-state index in [0.29, 0.717) is 5.82 Å². The summed E-state index contributed by atoms with van der Waals surface area (Å²) in [6.45, 7) is 8.12. The summed E-state index contributed by atoms with van der Waals surface area (Å²) < 4.78 is 0. The molecule has 0 amide bonds. The van der Waals surface area contributed by atoms with E-state index in [4.69, 9.17) is 4.98 Å². The molecule has 110 valence electrons. The molecular formula is C19H19N3. The summed E-state index contributed by atoms with van der Waals surface area (Å²) in [6.07, 6.45) is 0. The molecule has 2 heterocycles. The molecule has 3 heteroatoms. The molecule has 0 radical (unpaired) electrons. The van der Waals surface area contributed by atoms with Gasteiger partial charge < -0.3 is 0 Å². The highest BCUT2D eigenvalue weighted by Crippen LogP contribution is 2.27. The Morgan fingerprint density at radius 2 is 1.23 bits per heavy atom. The minimum Gasteiger partial charge on any atom is -0.244 e. The van der Waals surface area contributed by atoms with Crippen molar-refractivity contribution >= 4 is 0 Å². The Bertz CT molecular complexity index is 803. The molecule has 3 nitrogen and oxygen atoms in total. The molecule has 0 aliphatic carbocycles. The van der Waals surface area contributed by atoms with Crippen molar-refractivity contribution in [2.75, 3.05) is 0 Å². The van der Waals surface area contributed by atoms with E-state index in [1.54, 1.807) is 0 Å². The first kappa shape index (κ1) is 14.4. The lowest BCUT2D eigenvalue weighted by Crippen LogP contribution is -2.01. The first-order valence-corrected chi connectivity index (χ1v) is 7.41. The highest BCUT2D eigenvalue weighted by Gasteiger charge is 2.13. The van der Waals surface area contributed by atoms with Gasteiger partial charge in [-0.2, -0.15) is 0 Å².